The average molecular weight is 366 g/mol. The minimum atomic E-state index is 1.26. The predicted octanol–water partition coefficient (Wildman–Crippen LogP) is 6.61. The molecule has 0 N–H and O–H groups in total. The van der Waals surface area contributed by atoms with Gasteiger partial charge in [0, 0.05) is 10.6 Å². The van der Waals surface area contributed by atoms with Crippen molar-refractivity contribution in [1.82, 2.24) is 0 Å². The topological polar surface area (TPSA) is 0 Å². The van der Waals surface area contributed by atoms with Crippen molar-refractivity contribution in [2.75, 3.05) is 0 Å². The van der Waals surface area contributed by atoms with E-state index in [9.17, 15) is 0 Å². The lowest BCUT2D eigenvalue weighted by Gasteiger charge is -2.14. The summed E-state index contributed by atoms with van der Waals surface area (Å²) in [6.07, 6.45) is 0. The standard InChI is InChI=1S/C26H23P/c1-18-16-19(2)25(20(3)17-18)27-26(22-11-5-4-6-12-22)24-15-9-13-21-10-7-8-14-23(21)24/h4-17H,1-3H3. The highest BCUT2D eigenvalue weighted by Gasteiger charge is 2.12. The van der Waals surface area contributed by atoms with Crippen LogP contribution in [0, 0.1) is 20.8 Å². The van der Waals surface area contributed by atoms with Crippen molar-refractivity contribution in [3.8, 4) is 0 Å². The Hall–Kier alpha value is -2.69. The summed E-state index contributed by atoms with van der Waals surface area (Å²) in [5, 5.41) is 5.37. The lowest BCUT2D eigenvalue weighted by atomic mass is 9.98. The molecular weight excluding hydrogens is 343 g/mol. The third kappa shape index (κ3) is 3.59. The van der Waals surface area contributed by atoms with E-state index < -0.39 is 0 Å². The Balaban J connectivity index is 2.02. The quantitative estimate of drug-likeness (QED) is 0.358. The van der Waals surface area contributed by atoms with Gasteiger partial charge in [-0.05, 0) is 53.8 Å². The highest BCUT2D eigenvalue weighted by Crippen LogP contribution is 2.26. The van der Waals surface area contributed by atoms with E-state index >= 15 is 0 Å². The average Bonchev–Trinajstić information content (AvgIpc) is 2.68. The summed E-state index contributed by atoms with van der Waals surface area (Å²) in [6.45, 7) is 6.63. The van der Waals surface area contributed by atoms with Crippen LogP contribution in [0.15, 0.2) is 84.9 Å². The summed E-state index contributed by atoms with van der Waals surface area (Å²) in [4.78, 5) is 0. The molecule has 1 heteroatoms. The summed E-state index contributed by atoms with van der Waals surface area (Å²) in [5.74, 6) is 0. The first-order valence-corrected chi connectivity index (χ1v) is 10.2. The lowest BCUT2D eigenvalue weighted by Crippen LogP contribution is -2.09. The third-order valence-electron chi connectivity index (χ3n) is 4.95. The Morgan fingerprint density at radius 3 is 2.04 bits per heavy atom. The first-order valence-electron chi connectivity index (χ1n) is 9.33. The van der Waals surface area contributed by atoms with Crippen molar-refractivity contribution in [3.63, 3.8) is 0 Å². The zero-order valence-electron chi connectivity index (χ0n) is 16.0. The van der Waals surface area contributed by atoms with Crippen molar-refractivity contribution in [2.45, 2.75) is 20.8 Å². The van der Waals surface area contributed by atoms with Gasteiger partial charge in [-0.1, -0.05) is 98.7 Å². The van der Waals surface area contributed by atoms with Crippen LogP contribution in [-0.2, 0) is 0 Å². The van der Waals surface area contributed by atoms with Crippen LogP contribution in [0.1, 0.15) is 27.8 Å². The second-order valence-electron chi connectivity index (χ2n) is 7.10. The zero-order chi connectivity index (χ0) is 18.8. The molecule has 4 aromatic rings. The van der Waals surface area contributed by atoms with Gasteiger partial charge in [0.1, 0.15) is 0 Å². The number of hydrogen-bond donors (Lipinski definition) is 0. The molecule has 0 aliphatic carbocycles. The van der Waals surface area contributed by atoms with Gasteiger partial charge in [-0.3, -0.25) is 0 Å². The number of fused-ring (bicyclic) bond motifs is 1. The molecule has 4 rings (SSSR count). The van der Waals surface area contributed by atoms with Crippen LogP contribution in [0.4, 0.5) is 0 Å². The number of hydrogen-bond acceptors (Lipinski definition) is 0. The molecular formula is C26H23P. The molecule has 4 aromatic carbocycles. The summed E-state index contributed by atoms with van der Waals surface area (Å²) in [7, 11) is 1.26. The van der Waals surface area contributed by atoms with Crippen molar-refractivity contribution in [1.29, 1.82) is 0 Å². The molecule has 0 aliphatic heterocycles. The summed E-state index contributed by atoms with van der Waals surface area (Å²) in [5.41, 5.74) is 6.66. The zero-order valence-corrected chi connectivity index (χ0v) is 16.9. The van der Waals surface area contributed by atoms with E-state index in [0.717, 1.165) is 0 Å². The molecule has 27 heavy (non-hydrogen) atoms. The molecule has 0 nitrogen and oxygen atoms in total. The maximum atomic E-state index is 2.29. The van der Waals surface area contributed by atoms with Crippen LogP contribution in [0.5, 0.6) is 0 Å². The molecule has 0 saturated heterocycles. The van der Waals surface area contributed by atoms with Crippen LogP contribution in [0.25, 0.3) is 10.8 Å². The molecule has 0 bridgehead atoms. The summed E-state index contributed by atoms with van der Waals surface area (Å²) in [6, 6.07) is 30.7. The number of rotatable bonds is 3. The molecule has 0 saturated carbocycles. The minimum absolute atomic E-state index is 1.26. The molecule has 132 valence electrons. The molecule has 0 unspecified atom stereocenters. The fraction of sp³-hybridized carbons (Fsp3) is 0.115. The summed E-state index contributed by atoms with van der Waals surface area (Å²) < 4.78 is 0. The Kier molecular flexibility index (Phi) is 4.92. The van der Waals surface area contributed by atoms with Crippen molar-refractivity contribution in [2.24, 2.45) is 0 Å². The van der Waals surface area contributed by atoms with Gasteiger partial charge >= 0.3 is 0 Å². The van der Waals surface area contributed by atoms with E-state index in [4.69, 9.17) is 0 Å². The molecule has 0 aromatic heterocycles. The molecule has 0 spiro atoms. The van der Waals surface area contributed by atoms with Gasteiger partial charge in [-0.2, -0.15) is 0 Å². The second kappa shape index (κ2) is 7.51. The molecule has 0 fully saturated rings. The van der Waals surface area contributed by atoms with Crippen LogP contribution in [0.3, 0.4) is 0 Å². The SMILES string of the molecule is Cc1cc(C)c(P=C(c2ccccc2)c2cccc3ccccc23)c(C)c1. The first-order chi connectivity index (χ1) is 13.1. The largest absolute Gasteiger partial charge is 0.0622 e. The van der Waals surface area contributed by atoms with E-state index in [1.807, 2.05) is 0 Å². The molecule has 0 atom stereocenters. The van der Waals surface area contributed by atoms with Gasteiger partial charge in [0.15, 0.2) is 0 Å². The van der Waals surface area contributed by atoms with E-state index in [-0.39, 0.29) is 0 Å². The molecule has 0 amide bonds. The fourth-order valence-electron chi connectivity index (χ4n) is 3.77. The van der Waals surface area contributed by atoms with Crippen molar-refractivity contribution >= 4 is 29.6 Å². The van der Waals surface area contributed by atoms with E-state index in [1.165, 1.54) is 57.4 Å². The number of aryl methyl sites for hydroxylation is 3. The first kappa shape index (κ1) is 17.7. The fourth-order valence-corrected chi connectivity index (χ4v) is 5.07. The molecule has 0 radical (unpaired) electrons. The van der Waals surface area contributed by atoms with Gasteiger partial charge in [0.05, 0.1) is 0 Å². The predicted molar refractivity (Wildman–Crippen MR) is 121 cm³/mol. The van der Waals surface area contributed by atoms with Crippen LogP contribution in [0.2, 0.25) is 0 Å². The van der Waals surface area contributed by atoms with E-state index in [2.05, 4.69) is 106 Å². The van der Waals surface area contributed by atoms with Crippen LogP contribution < -0.4 is 5.30 Å². The maximum absolute atomic E-state index is 2.29. The van der Waals surface area contributed by atoms with Gasteiger partial charge < -0.3 is 0 Å². The van der Waals surface area contributed by atoms with Crippen molar-refractivity contribution < 1.29 is 0 Å². The third-order valence-corrected chi connectivity index (χ3v) is 6.60. The summed E-state index contributed by atoms with van der Waals surface area (Å²) >= 11 is 0. The molecule has 0 heterocycles. The second-order valence-corrected chi connectivity index (χ2v) is 8.22. The van der Waals surface area contributed by atoms with Gasteiger partial charge in [0.2, 0.25) is 0 Å². The monoisotopic (exact) mass is 366 g/mol. The van der Waals surface area contributed by atoms with Gasteiger partial charge in [-0.25, -0.2) is 0 Å². The van der Waals surface area contributed by atoms with E-state index in [1.54, 1.807) is 0 Å². The van der Waals surface area contributed by atoms with Crippen molar-refractivity contribution in [3.05, 3.63) is 113 Å². The Morgan fingerprint density at radius 1 is 0.667 bits per heavy atom. The normalized spacial score (nSPS) is 11.7. The van der Waals surface area contributed by atoms with Gasteiger partial charge in [-0.15, -0.1) is 0 Å². The molecule has 0 aliphatic rings. The lowest BCUT2D eigenvalue weighted by molar-refractivity contribution is 1.36. The van der Waals surface area contributed by atoms with Gasteiger partial charge in [0.25, 0.3) is 0 Å². The Bertz CT molecular complexity index is 1110. The minimum Gasteiger partial charge on any atom is -0.0622 e. The smallest absolute Gasteiger partial charge is 0.0175 e. The van der Waals surface area contributed by atoms with E-state index in [0.29, 0.717) is 0 Å². The van der Waals surface area contributed by atoms with Crippen LogP contribution >= 0.6 is 8.20 Å². The highest BCUT2D eigenvalue weighted by molar-refractivity contribution is 7.50. The Labute approximate surface area is 163 Å². The maximum Gasteiger partial charge on any atom is 0.0175 e. The Morgan fingerprint density at radius 2 is 1.30 bits per heavy atom. The number of benzene rings is 4. The highest BCUT2D eigenvalue weighted by atomic mass is 31.1. The van der Waals surface area contributed by atoms with Crippen LogP contribution in [-0.4, -0.2) is 5.29 Å².